The van der Waals surface area contributed by atoms with Crippen LogP contribution in [0, 0.1) is 5.92 Å². The monoisotopic (exact) mass is 377 g/mol. The molecule has 3 aliphatic rings. The van der Waals surface area contributed by atoms with Crippen molar-refractivity contribution in [3.8, 4) is 0 Å². The normalized spacial score (nSPS) is 27.9. The molecule has 2 aromatic rings. The summed E-state index contributed by atoms with van der Waals surface area (Å²) in [5.41, 5.74) is 3.14. The molecule has 2 fully saturated rings. The third-order valence-corrected chi connectivity index (χ3v) is 6.31. The number of nitrogens with zero attached hydrogens (tertiary/aromatic N) is 1. The number of fused-ring (bicyclic) bond motifs is 3. The van der Waals surface area contributed by atoms with E-state index < -0.39 is 5.72 Å². The Bertz CT molecular complexity index is 874. The highest BCUT2D eigenvalue weighted by atomic mass is 16.6. The van der Waals surface area contributed by atoms with Crippen LogP contribution in [-0.4, -0.2) is 35.3 Å². The van der Waals surface area contributed by atoms with E-state index >= 15 is 0 Å². The highest BCUT2D eigenvalue weighted by molar-refractivity contribution is 5.81. The second-order valence-electron chi connectivity index (χ2n) is 8.74. The predicted molar refractivity (Wildman–Crippen MR) is 107 cm³/mol. The zero-order chi connectivity index (χ0) is 19.3. The van der Waals surface area contributed by atoms with Crippen LogP contribution in [0.2, 0.25) is 0 Å². The van der Waals surface area contributed by atoms with Crippen LogP contribution in [0.15, 0.2) is 54.6 Å². The van der Waals surface area contributed by atoms with Crippen LogP contribution in [-0.2, 0) is 27.1 Å². The van der Waals surface area contributed by atoms with Gasteiger partial charge in [0, 0.05) is 12.3 Å². The lowest BCUT2D eigenvalue weighted by Gasteiger charge is -2.36. The summed E-state index contributed by atoms with van der Waals surface area (Å²) in [6.07, 6.45) is 2.66. The Morgan fingerprint density at radius 1 is 1.14 bits per heavy atom. The van der Waals surface area contributed by atoms with Crippen molar-refractivity contribution < 1.29 is 14.3 Å². The lowest BCUT2D eigenvalue weighted by Crippen LogP contribution is -2.48. The Labute approximate surface area is 166 Å². The van der Waals surface area contributed by atoms with Crippen LogP contribution in [0.5, 0.6) is 0 Å². The molecule has 4 atom stereocenters. The second-order valence-corrected chi connectivity index (χ2v) is 8.74. The van der Waals surface area contributed by atoms with Gasteiger partial charge in [0.1, 0.15) is 5.72 Å². The summed E-state index contributed by atoms with van der Waals surface area (Å²) in [5.74, 6) is 0.0952. The van der Waals surface area contributed by atoms with Crippen molar-refractivity contribution in [3.63, 3.8) is 0 Å². The van der Waals surface area contributed by atoms with Crippen LogP contribution < -0.4 is 0 Å². The van der Waals surface area contributed by atoms with Gasteiger partial charge in [0.05, 0.1) is 24.9 Å². The average Bonchev–Trinajstić information content (AvgIpc) is 3.37. The van der Waals surface area contributed by atoms with Crippen molar-refractivity contribution in [2.45, 2.75) is 57.1 Å². The lowest BCUT2D eigenvalue weighted by molar-refractivity contribution is -0.152. The molecule has 4 heteroatoms. The zero-order valence-corrected chi connectivity index (χ0v) is 16.5. The van der Waals surface area contributed by atoms with Crippen LogP contribution in [0.1, 0.15) is 43.0 Å². The minimum absolute atomic E-state index is 0.0112. The number of carbonyl (C=O) groups excluding carboxylic acids is 1. The quantitative estimate of drug-likeness (QED) is 0.743. The molecule has 1 aliphatic carbocycles. The molecule has 4 nitrogen and oxygen atoms in total. The van der Waals surface area contributed by atoms with Gasteiger partial charge in [0.2, 0.25) is 5.91 Å². The number of hydrogen-bond donors (Lipinski definition) is 0. The largest absolute Gasteiger partial charge is 0.373 e. The molecule has 2 heterocycles. The Morgan fingerprint density at radius 2 is 1.86 bits per heavy atom. The fraction of sp³-hybridized carbons (Fsp3) is 0.458. The van der Waals surface area contributed by atoms with Crippen molar-refractivity contribution in [2.24, 2.45) is 5.92 Å². The summed E-state index contributed by atoms with van der Waals surface area (Å²) in [7, 11) is 0. The van der Waals surface area contributed by atoms with Crippen molar-refractivity contribution in [2.75, 3.05) is 6.61 Å². The first-order valence-corrected chi connectivity index (χ1v) is 10.3. The van der Waals surface area contributed by atoms with E-state index in [0.717, 1.165) is 25.9 Å². The fourth-order valence-electron chi connectivity index (χ4n) is 5.00. The highest BCUT2D eigenvalue weighted by Gasteiger charge is 2.54. The Balaban J connectivity index is 1.46. The molecule has 2 unspecified atom stereocenters. The number of carbonyl (C=O) groups is 1. The molecule has 2 aliphatic heterocycles. The van der Waals surface area contributed by atoms with Crippen molar-refractivity contribution in [1.82, 2.24) is 4.90 Å². The van der Waals surface area contributed by atoms with Gasteiger partial charge in [-0.05, 0) is 43.4 Å². The molecule has 0 aromatic heterocycles. The predicted octanol–water partition coefficient (Wildman–Crippen LogP) is 3.90. The van der Waals surface area contributed by atoms with Gasteiger partial charge in [-0.1, -0.05) is 54.6 Å². The third-order valence-electron chi connectivity index (χ3n) is 6.31. The summed E-state index contributed by atoms with van der Waals surface area (Å²) in [6.45, 7) is 4.82. The van der Waals surface area contributed by atoms with Gasteiger partial charge < -0.3 is 14.4 Å². The fourth-order valence-corrected chi connectivity index (χ4v) is 5.00. The van der Waals surface area contributed by atoms with Gasteiger partial charge >= 0.3 is 0 Å². The smallest absolute Gasteiger partial charge is 0.228 e. The van der Waals surface area contributed by atoms with E-state index in [2.05, 4.69) is 36.4 Å². The Morgan fingerprint density at radius 3 is 2.61 bits per heavy atom. The summed E-state index contributed by atoms with van der Waals surface area (Å²) < 4.78 is 11.9. The van der Waals surface area contributed by atoms with Crippen LogP contribution in [0.4, 0.5) is 0 Å². The van der Waals surface area contributed by atoms with Gasteiger partial charge in [0.25, 0.3) is 0 Å². The summed E-state index contributed by atoms with van der Waals surface area (Å²) in [5, 5.41) is 0. The first-order valence-electron chi connectivity index (χ1n) is 10.3. The van der Waals surface area contributed by atoms with Crippen LogP contribution >= 0.6 is 0 Å². The number of rotatable bonds is 5. The van der Waals surface area contributed by atoms with Crippen molar-refractivity contribution in [1.29, 1.82) is 0 Å². The maximum Gasteiger partial charge on any atom is 0.228 e. The molecule has 2 aromatic carbocycles. The van der Waals surface area contributed by atoms with Crippen molar-refractivity contribution >= 4 is 5.91 Å². The van der Waals surface area contributed by atoms with Crippen molar-refractivity contribution in [3.05, 3.63) is 71.3 Å². The van der Waals surface area contributed by atoms with E-state index in [-0.39, 0.29) is 30.1 Å². The third kappa shape index (κ3) is 3.15. The minimum atomic E-state index is -0.598. The molecular formula is C24H27NO3. The first kappa shape index (κ1) is 17.9. The number of amides is 1. The first-order chi connectivity index (χ1) is 13.5. The maximum atomic E-state index is 13.9. The molecule has 28 heavy (non-hydrogen) atoms. The molecule has 5 rings (SSSR count). The van der Waals surface area contributed by atoms with E-state index in [0.29, 0.717) is 0 Å². The summed E-state index contributed by atoms with van der Waals surface area (Å²) in [6, 6.07) is 18.8. The molecule has 1 amide bonds. The van der Waals surface area contributed by atoms with Gasteiger partial charge in [-0.2, -0.15) is 0 Å². The lowest BCUT2D eigenvalue weighted by atomic mass is 9.91. The molecule has 0 radical (unpaired) electrons. The number of benzene rings is 2. The van der Waals surface area contributed by atoms with Gasteiger partial charge in [-0.3, -0.25) is 4.79 Å². The molecule has 0 bridgehead atoms. The number of epoxide rings is 1. The topological polar surface area (TPSA) is 42.1 Å². The molecular weight excluding hydrogens is 350 g/mol. The SMILES string of the molecule is CC1(C)O[C@@H]2Cc3ccccc3[C@@H]2N1C(=O)C(Cc1ccccc1)CC1CO1. The zero-order valence-electron chi connectivity index (χ0n) is 16.5. The van der Waals surface area contributed by atoms with Gasteiger partial charge in [-0.25, -0.2) is 0 Å². The number of hydrogen-bond acceptors (Lipinski definition) is 3. The van der Waals surface area contributed by atoms with Crippen LogP contribution in [0.3, 0.4) is 0 Å². The summed E-state index contributed by atoms with van der Waals surface area (Å²) >= 11 is 0. The highest BCUT2D eigenvalue weighted by Crippen LogP contribution is 2.49. The number of ether oxygens (including phenoxy) is 2. The van der Waals surface area contributed by atoms with Gasteiger partial charge in [-0.15, -0.1) is 0 Å². The van der Waals surface area contributed by atoms with E-state index in [4.69, 9.17) is 9.47 Å². The molecule has 0 saturated carbocycles. The minimum Gasteiger partial charge on any atom is -0.373 e. The maximum absolute atomic E-state index is 13.9. The standard InChI is InChI=1S/C24H27NO3/c1-24(2)25(22-20-11-7-6-10-17(20)14-21(22)28-24)23(26)18(13-19-15-27-19)12-16-8-4-3-5-9-16/h3-11,18-19,21-22H,12-15H2,1-2H3/t18?,19?,21-,22+/m1/s1. The van der Waals surface area contributed by atoms with E-state index in [1.807, 2.05) is 36.9 Å². The molecule has 0 N–H and O–H groups in total. The molecule has 146 valence electrons. The Kier molecular flexibility index (Phi) is 4.29. The summed E-state index contributed by atoms with van der Waals surface area (Å²) in [4.78, 5) is 15.9. The van der Waals surface area contributed by atoms with E-state index in [1.54, 1.807) is 0 Å². The molecule has 2 saturated heterocycles. The van der Waals surface area contributed by atoms with E-state index in [1.165, 1.54) is 16.7 Å². The van der Waals surface area contributed by atoms with Crippen LogP contribution in [0.25, 0.3) is 0 Å². The second kappa shape index (κ2) is 6.71. The molecule has 0 spiro atoms. The van der Waals surface area contributed by atoms with E-state index in [9.17, 15) is 4.79 Å². The van der Waals surface area contributed by atoms with Gasteiger partial charge in [0.15, 0.2) is 0 Å². The average molecular weight is 377 g/mol. The Hall–Kier alpha value is -2.17.